The van der Waals surface area contributed by atoms with Crippen LogP contribution >= 0.6 is 11.3 Å². The first-order valence-electron chi connectivity index (χ1n) is 10.9. The number of carbonyl (C=O) groups excluding carboxylic acids is 2. The summed E-state index contributed by atoms with van der Waals surface area (Å²) in [5, 5.41) is 3.30. The van der Waals surface area contributed by atoms with Gasteiger partial charge in [-0.25, -0.2) is 9.78 Å². The molecule has 2 aromatic heterocycles. The Morgan fingerprint density at radius 1 is 1.21 bits per heavy atom. The molecule has 1 atom stereocenters. The van der Waals surface area contributed by atoms with Crippen LogP contribution in [0.2, 0.25) is 0 Å². The first kappa shape index (κ1) is 21.4. The van der Waals surface area contributed by atoms with E-state index in [4.69, 9.17) is 10.5 Å². The van der Waals surface area contributed by atoms with Crippen molar-refractivity contribution in [2.75, 3.05) is 19.0 Å². The zero-order valence-corrected chi connectivity index (χ0v) is 19.1. The summed E-state index contributed by atoms with van der Waals surface area (Å²) in [6, 6.07) is 11.4. The van der Waals surface area contributed by atoms with E-state index in [0.717, 1.165) is 41.1 Å². The zero-order valence-electron chi connectivity index (χ0n) is 18.3. The van der Waals surface area contributed by atoms with Gasteiger partial charge in [0.25, 0.3) is 0 Å². The molecule has 1 unspecified atom stereocenters. The average molecular weight is 464 g/mol. The van der Waals surface area contributed by atoms with Crippen LogP contribution in [0.5, 0.6) is 5.75 Å². The highest BCUT2D eigenvalue weighted by molar-refractivity contribution is 7.19. The molecule has 3 amide bonds. The van der Waals surface area contributed by atoms with Crippen LogP contribution in [-0.2, 0) is 10.2 Å². The molecule has 170 valence electrons. The third-order valence-electron chi connectivity index (χ3n) is 6.49. The summed E-state index contributed by atoms with van der Waals surface area (Å²) in [6.45, 7) is 0.513. The molecule has 3 heterocycles. The summed E-state index contributed by atoms with van der Waals surface area (Å²) in [7, 11) is 1.67. The van der Waals surface area contributed by atoms with Crippen molar-refractivity contribution in [1.29, 1.82) is 0 Å². The van der Waals surface area contributed by atoms with Gasteiger partial charge in [-0.15, -0.1) is 0 Å². The van der Waals surface area contributed by atoms with E-state index in [9.17, 15) is 9.59 Å². The largest absolute Gasteiger partial charge is 0.497 e. The van der Waals surface area contributed by atoms with Gasteiger partial charge in [-0.3, -0.25) is 15.1 Å². The van der Waals surface area contributed by atoms with Gasteiger partial charge in [0, 0.05) is 24.4 Å². The predicted molar refractivity (Wildman–Crippen MR) is 126 cm³/mol. The van der Waals surface area contributed by atoms with Crippen molar-refractivity contribution in [3.05, 3.63) is 60.0 Å². The van der Waals surface area contributed by atoms with E-state index in [1.54, 1.807) is 13.3 Å². The number of nitrogens with two attached hydrogens (primary N) is 1. The summed E-state index contributed by atoms with van der Waals surface area (Å²) >= 11 is 1.39. The van der Waals surface area contributed by atoms with E-state index in [1.807, 2.05) is 24.4 Å². The second-order valence-electron chi connectivity index (χ2n) is 8.45. The highest BCUT2D eigenvalue weighted by Gasteiger charge is 2.47. The number of aromatic nitrogens is 2. The minimum atomic E-state index is -0.556. The lowest BCUT2D eigenvalue weighted by Gasteiger charge is -2.21. The standard InChI is InChI=1S/C24H25N5O3S/c1-32-17-6-4-16(5-7-17)24(9-10-24)20-13-15(8-11-26-20)19-14-27-22(33-19)28-23(31)29-12-2-3-18(29)21(25)30/h4-8,11,13-14,18H,2-3,9-10,12H2,1H3,(H2,25,30)(H,27,28,31). The number of nitrogens with zero attached hydrogens (tertiary/aromatic N) is 3. The van der Waals surface area contributed by atoms with E-state index in [2.05, 4.69) is 33.5 Å². The van der Waals surface area contributed by atoms with Crippen molar-refractivity contribution >= 4 is 28.4 Å². The lowest BCUT2D eigenvalue weighted by atomic mass is 9.91. The number of hydrogen-bond donors (Lipinski definition) is 2. The molecule has 2 aliphatic rings. The Labute approximate surface area is 195 Å². The second-order valence-corrected chi connectivity index (χ2v) is 9.48. The number of pyridine rings is 1. The number of urea groups is 1. The maximum Gasteiger partial charge on any atom is 0.324 e. The fourth-order valence-corrected chi connectivity index (χ4v) is 5.31. The summed E-state index contributed by atoms with van der Waals surface area (Å²) in [4.78, 5) is 35.7. The lowest BCUT2D eigenvalue weighted by molar-refractivity contribution is -0.121. The van der Waals surface area contributed by atoms with E-state index < -0.39 is 11.9 Å². The normalized spacial score (nSPS) is 18.7. The quantitative estimate of drug-likeness (QED) is 0.578. The number of carbonyl (C=O) groups is 2. The number of benzene rings is 1. The number of ether oxygens (including phenoxy) is 1. The number of likely N-dealkylation sites (tertiary alicyclic amines) is 1. The van der Waals surface area contributed by atoms with Gasteiger partial charge in [-0.1, -0.05) is 23.5 Å². The van der Waals surface area contributed by atoms with Gasteiger partial charge in [-0.05, 0) is 61.1 Å². The van der Waals surface area contributed by atoms with Gasteiger partial charge < -0.3 is 15.4 Å². The van der Waals surface area contributed by atoms with Crippen LogP contribution in [-0.4, -0.2) is 46.5 Å². The van der Waals surface area contributed by atoms with Crippen LogP contribution in [0.15, 0.2) is 48.8 Å². The number of anilines is 1. The molecule has 33 heavy (non-hydrogen) atoms. The molecule has 3 N–H and O–H groups in total. The molecule has 0 radical (unpaired) electrons. The molecular weight excluding hydrogens is 438 g/mol. The van der Waals surface area contributed by atoms with E-state index in [-0.39, 0.29) is 11.4 Å². The highest BCUT2D eigenvalue weighted by Crippen LogP contribution is 2.53. The molecule has 3 aromatic rings. The van der Waals surface area contributed by atoms with Crippen molar-refractivity contribution < 1.29 is 14.3 Å². The molecule has 1 aromatic carbocycles. The van der Waals surface area contributed by atoms with Crippen LogP contribution in [0, 0.1) is 0 Å². The van der Waals surface area contributed by atoms with Crippen LogP contribution in [0.4, 0.5) is 9.93 Å². The van der Waals surface area contributed by atoms with E-state index >= 15 is 0 Å². The van der Waals surface area contributed by atoms with Crippen molar-refractivity contribution in [3.63, 3.8) is 0 Å². The lowest BCUT2D eigenvalue weighted by Crippen LogP contribution is -2.45. The minimum Gasteiger partial charge on any atom is -0.497 e. The maximum absolute atomic E-state index is 12.6. The Morgan fingerprint density at radius 3 is 2.70 bits per heavy atom. The molecular formula is C24H25N5O3S. The summed E-state index contributed by atoms with van der Waals surface area (Å²) in [6.07, 6.45) is 7.05. The third-order valence-corrected chi connectivity index (χ3v) is 7.45. The molecule has 1 saturated heterocycles. The smallest absolute Gasteiger partial charge is 0.324 e. The SMILES string of the molecule is COc1ccc(C2(c3cc(-c4cnc(NC(=O)N5CCCC5C(N)=O)s4)ccn3)CC2)cc1. The number of primary amides is 1. The average Bonchev–Trinajstić information content (AvgIpc) is 3.26. The zero-order chi connectivity index (χ0) is 23.0. The fourth-order valence-electron chi connectivity index (χ4n) is 4.51. The Hall–Kier alpha value is -3.46. The van der Waals surface area contributed by atoms with Crippen molar-refractivity contribution in [2.24, 2.45) is 5.73 Å². The predicted octanol–water partition coefficient (Wildman–Crippen LogP) is 3.78. The Bertz CT molecular complexity index is 1190. The Balaban J connectivity index is 1.34. The van der Waals surface area contributed by atoms with Crippen LogP contribution in [0.3, 0.4) is 0 Å². The molecule has 8 nitrogen and oxygen atoms in total. The number of thiazole rings is 1. The number of amides is 3. The monoisotopic (exact) mass is 463 g/mol. The first-order chi connectivity index (χ1) is 16.0. The van der Waals surface area contributed by atoms with Gasteiger partial charge in [0.2, 0.25) is 5.91 Å². The van der Waals surface area contributed by atoms with Gasteiger partial charge in [0.05, 0.1) is 17.7 Å². The summed E-state index contributed by atoms with van der Waals surface area (Å²) < 4.78 is 5.29. The molecule has 1 aliphatic carbocycles. The Morgan fingerprint density at radius 2 is 2.00 bits per heavy atom. The van der Waals surface area contributed by atoms with Crippen molar-refractivity contribution in [1.82, 2.24) is 14.9 Å². The summed E-state index contributed by atoms with van der Waals surface area (Å²) in [5.74, 6) is 0.365. The molecule has 9 heteroatoms. The number of methoxy groups -OCH3 is 1. The third kappa shape index (κ3) is 4.04. The topological polar surface area (TPSA) is 110 Å². The molecule has 0 bridgehead atoms. The Kier molecular flexibility index (Phi) is 5.49. The highest BCUT2D eigenvalue weighted by atomic mass is 32.1. The van der Waals surface area contributed by atoms with E-state index in [1.165, 1.54) is 21.8 Å². The van der Waals surface area contributed by atoms with Gasteiger partial charge in [0.1, 0.15) is 11.8 Å². The second kappa shape index (κ2) is 8.47. The molecule has 1 saturated carbocycles. The van der Waals surface area contributed by atoms with Crippen LogP contribution in [0.1, 0.15) is 36.9 Å². The molecule has 1 aliphatic heterocycles. The maximum atomic E-state index is 12.6. The molecule has 5 rings (SSSR count). The van der Waals surface area contributed by atoms with Crippen molar-refractivity contribution in [3.8, 4) is 16.2 Å². The van der Waals surface area contributed by atoms with Crippen LogP contribution in [0.25, 0.3) is 10.4 Å². The van der Waals surface area contributed by atoms with Crippen LogP contribution < -0.4 is 15.8 Å². The molecule has 2 fully saturated rings. The first-order valence-corrected chi connectivity index (χ1v) is 11.8. The van der Waals surface area contributed by atoms with Crippen molar-refractivity contribution in [2.45, 2.75) is 37.1 Å². The summed E-state index contributed by atoms with van der Waals surface area (Å²) in [5.41, 5.74) is 8.64. The van der Waals surface area contributed by atoms with Gasteiger partial charge in [-0.2, -0.15) is 0 Å². The van der Waals surface area contributed by atoms with Gasteiger partial charge >= 0.3 is 6.03 Å². The van der Waals surface area contributed by atoms with E-state index in [0.29, 0.717) is 18.1 Å². The number of hydrogen-bond acceptors (Lipinski definition) is 6. The fraction of sp³-hybridized carbons (Fsp3) is 0.333. The molecule has 0 spiro atoms. The minimum absolute atomic E-state index is 0.0659. The van der Waals surface area contributed by atoms with Gasteiger partial charge in [0.15, 0.2) is 5.13 Å². The number of nitrogens with one attached hydrogen (secondary N) is 1. The number of rotatable bonds is 6.